The summed E-state index contributed by atoms with van der Waals surface area (Å²) in [4.78, 5) is 0.307. The van der Waals surface area contributed by atoms with E-state index in [1.165, 1.54) is 18.2 Å². The van der Waals surface area contributed by atoms with Crippen molar-refractivity contribution in [1.82, 2.24) is 4.72 Å². The second-order valence-corrected chi connectivity index (χ2v) is 8.13. The van der Waals surface area contributed by atoms with Crippen LogP contribution in [0.15, 0.2) is 23.1 Å². The number of sulfonamides is 1. The van der Waals surface area contributed by atoms with Gasteiger partial charge in [-0.2, -0.15) is 0 Å². The van der Waals surface area contributed by atoms with Gasteiger partial charge in [-0.15, -0.1) is 0 Å². The molecule has 2 aromatic rings. The summed E-state index contributed by atoms with van der Waals surface area (Å²) in [5.41, 5.74) is 5.06. The summed E-state index contributed by atoms with van der Waals surface area (Å²) in [6.07, 6.45) is 0. The molecule has 0 aliphatic carbocycles. The molecule has 0 saturated heterocycles. The van der Waals surface area contributed by atoms with E-state index in [-0.39, 0.29) is 11.6 Å². The maximum Gasteiger partial charge on any atom is 0.241 e. The van der Waals surface area contributed by atoms with Crippen LogP contribution in [-0.2, 0) is 16.6 Å². The number of halogens is 2. The fourth-order valence-corrected chi connectivity index (χ4v) is 4.61. The second-order valence-electron chi connectivity index (χ2n) is 6.01. The first-order valence-corrected chi connectivity index (χ1v) is 9.43. The van der Waals surface area contributed by atoms with Crippen molar-refractivity contribution in [3.05, 3.63) is 62.4 Å². The van der Waals surface area contributed by atoms with Crippen LogP contribution < -0.4 is 4.72 Å². The highest BCUT2D eigenvalue weighted by Gasteiger charge is 2.23. The van der Waals surface area contributed by atoms with Gasteiger partial charge in [-0.3, -0.25) is 0 Å². The molecule has 0 aliphatic heterocycles. The Morgan fingerprint density at radius 3 is 1.96 bits per heavy atom. The van der Waals surface area contributed by atoms with Crippen molar-refractivity contribution in [2.45, 2.75) is 46.1 Å². The zero-order chi connectivity index (χ0) is 18.2. The largest absolute Gasteiger partial charge is 0.241 e. The summed E-state index contributed by atoms with van der Waals surface area (Å²) in [5, 5.41) is 0.197. The molecular weight excluding hydrogens is 349 g/mol. The van der Waals surface area contributed by atoms with E-state index < -0.39 is 15.8 Å². The third-order valence-electron chi connectivity index (χ3n) is 4.67. The topological polar surface area (TPSA) is 46.2 Å². The average molecular weight is 370 g/mol. The molecule has 0 atom stereocenters. The van der Waals surface area contributed by atoms with E-state index in [1.807, 2.05) is 34.6 Å². The third kappa shape index (κ3) is 3.48. The minimum atomic E-state index is -3.71. The Bertz CT molecular complexity index is 879. The Morgan fingerprint density at radius 2 is 1.46 bits per heavy atom. The lowest BCUT2D eigenvalue weighted by atomic mass is 9.95. The standard InChI is InChI=1S/C18H21ClFNO2S/c1-10-11(2)13(4)18(14(5)12(10)3)24(22,23)21-9-15-6-7-16(20)8-17(15)19/h6-8,21H,9H2,1-5H3. The highest BCUT2D eigenvalue weighted by molar-refractivity contribution is 7.89. The molecule has 0 radical (unpaired) electrons. The Balaban J connectivity index is 2.42. The Morgan fingerprint density at radius 1 is 0.958 bits per heavy atom. The molecule has 2 rings (SSSR count). The first-order chi connectivity index (χ1) is 11.1. The van der Waals surface area contributed by atoms with Crippen LogP contribution in [-0.4, -0.2) is 8.42 Å². The molecule has 2 aromatic carbocycles. The van der Waals surface area contributed by atoms with Crippen LogP contribution in [0.2, 0.25) is 5.02 Å². The molecule has 0 bridgehead atoms. The van der Waals surface area contributed by atoms with Gasteiger partial charge < -0.3 is 0 Å². The van der Waals surface area contributed by atoms with Crippen molar-refractivity contribution in [3.8, 4) is 0 Å². The smallest absolute Gasteiger partial charge is 0.207 e. The second kappa shape index (κ2) is 6.82. The van der Waals surface area contributed by atoms with E-state index in [4.69, 9.17) is 11.6 Å². The highest BCUT2D eigenvalue weighted by atomic mass is 35.5. The molecule has 3 nitrogen and oxygen atoms in total. The number of hydrogen-bond acceptors (Lipinski definition) is 2. The summed E-state index contributed by atoms with van der Waals surface area (Å²) in [7, 11) is -3.71. The lowest BCUT2D eigenvalue weighted by Gasteiger charge is -2.19. The quantitative estimate of drug-likeness (QED) is 0.862. The van der Waals surface area contributed by atoms with Crippen molar-refractivity contribution < 1.29 is 12.8 Å². The van der Waals surface area contributed by atoms with Gasteiger partial charge in [0.05, 0.1) is 4.90 Å². The molecule has 130 valence electrons. The molecule has 0 spiro atoms. The Kier molecular flexibility index (Phi) is 5.37. The van der Waals surface area contributed by atoms with Gasteiger partial charge in [0.2, 0.25) is 10.0 Å². The highest BCUT2D eigenvalue weighted by Crippen LogP contribution is 2.29. The Hall–Kier alpha value is -1.43. The molecular formula is C18H21ClFNO2S. The van der Waals surface area contributed by atoms with E-state index in [0.29, 0.717) is 10.5 Å². The van der Waals surface area contributed by atoms with E-state index in [1.54, 1.807) is 0 Å². The van der Waals surface area contributed by atoms with Gasteiger partial charge in [-0.05, 0) is 80.1 Å². The fraction of sp³-hybridized carbons (Fsp3) is 0.333. The molecule has 6 heteroatoms. The Labute approximate surface area is 147 Å². The van der Waals surface area contributed by atoms with Crippen LogP contribution in [0.5, 0.6) is 0 Å². The van der Waals surface area contributed by atoms with Gasteiger partial charge in [0.25, 0.3) is 0 Å². The van der Waals surface area contributed by atoms with Crippen LogP contribution in [0.4, 0.5) is 4.39 Å². The van der Waals surface area contributed by atoms with Gasteiger partial charge in [-0.1, -0.05) is 17.7 Å². The van der Waals surface area contributed by atoms with E-state index >= 15 is 0 Å². The zero-order valence-corrected chi connectivity index (χ0v) is 16.0. The van der Waals surface area contributed by atoms with Crippen LogP contribution >= 0.6 is 11.6 Å². The van der Waals surface area contributed by atoms with Crippen LogP contribution in [0.3, 0.4) is 0 Å². The third-order valence-corrected chi connectivity index (χ3v) is 6.69. The van der Waals surface area contributed by atoms with Crippen molar-refractivity contribution in [3.63, 3.8) is 0 Å². The summed E-state index contributed by atoms with van der Waals surface area (Å²) < 4.78 is 41.3. The number of hydrogen-bond donors (Lipinski definition) is 1. The van der Waals surface area contributed by atoms with Crippen LogP contribution in [0, 0.1) is 40.4 Å². The molecule has 0 fully saturated rings. The lowest BCUT2D eigenvalue weighted by Crippen LogP contribution is -2.26. The minimum absolute atomic E-state index is 0.00625. The monoisotopic (exact) mass is 369 g/mol. The van der Waals surface area contributed by atoms with Crippen molar-refractivity contribution in [2.24, 2.45) is 0 Å². The van der Waals surface area contributed by atoms with Gasteiger partial charge in [-0.25, -0.2) is 17.5 Å². The SMILES string of the molecule is Cc1c(C)c(C)c(S(=O)(=O)NCc2ccc(F)cc2Cl)c(C)c1C. The zero-order valence-electron chi connectivity index (χ0n) is 14.4. The molecule has 24 heavy (non-hydrogen) atoms. The van der Waals surface area contributed by atoms with E-state index in [2.05, 4.69) is 4.72 Å². The number of benzene rings is 2. The first-order valence-electron chi connectivity index (χ1n) is 7.56. The summed E-state index contributed by atoms with van der Waals surface area (Å²) in [6.45, 7) is 9.47. The normalized spacial score (nSPS) is 11.8. The van der Waals surface area contributed by atoms with Crippen LogP contribution in [0.25, 0.3) is 0 Å². The van der Waals surface area contributed by atoms with Gasteiger partial charge in [0.1, 0.15) is 5.82 Å². The molecule has 0 aromatic heterocycles. The van der Waals surface area contributed by atoms with Gasteiger partial charge in [0.15, 0.2) is 0 Å². The average Bonchev–Trinajstić information content (AvgIpc) is 2.50. The number of rotatable bonds is 4. The molecule has 0 amide bonds. The van der Waals surface area contributed by atoms with Crippen LogP contribution in [0.1, 0.15) is 33.4 Å². The number of nitrogens with one attached hydrogen (secondary N) is 1. The molecule has 0 heterocycles. The predicted molar refractivity (Wildman–Crippen MR) is 95.6 cm³/mol. The predicted octanol–water partition coefficient (Wildman–Crippen LogP) is 4.50. The van der Waals surface area contributed by atoms with E-state index in [0.717, 1.165) is 27.8 Å². The van der Waals surface area contributed by atoms with E-state index in [9.17, 15) is 12.8 Å². The lowest BCUT2D eigenvalue weighted by molar-refractivity contribution is 0.579. The van der Waals surface area contributed by atoms with Gasteiger partial charge in [0, 0.05) is 11.6 Å². The maximum atomic E-state index is 13.1. The van der Waals surface area contributed by atoms with Crippen molar-refractivity contribution in [2.75, 3.05) is 0 Å². The van der Waals surface area contributed by atoms with Crippen molar-refractivity contribution >= 4 is 21.6 Å². The molecule has 0 unspecified atom stereocenters. The minimum Gasteiger partial charge on any atom is -0.207 e. The summed E-state index contributed by atoms with van der Waals surface area (Å²) >= 11 is 5.96. The summed E-state index contributed by atoms with van der Waals surface area (Å²) in [5.74, 6) is -0.455. The molecule has 0 saturated carbocycles. The maximum absolute atomic E-state index is 13.1. The molecule has 0 aliphatic rings. The fourth-order valence-electron chi connectivity index (χ4n) is 2.78. The van der Waals surface area contributed by atoms with Gasteiger partial charge >= 0.3 is 0 Å². The molecule has 1 N–H and O–H groups in total. The first kappa shape index (κ1) is 18.9. The van der Waals surface area contributed by atoms with Crippen molar-refractivity contribution in [1.29, 1.82) is 0 Å². The summed E-state index contributed by atoms with van der Waals surface area (Å²) in [6, 6.07) is 3.90.